The summed E-state index contributed by atoms with van der Waals surface area (Å²) < 4.78 is 10.5. The van der Waals surface area contributed by atoms with Crippen molar-refractivity contribution in [2.24, 2.45) is 0 Å². The van der Waals surface area contributed by atoms with Crippen LogP contribution in [-0.2, 0) is 0 Å². The maximum Gasteiger partial charge on any atom is 0.210 e. The lowest BCUT2D eigenvalue weighted by molar-refractivity contribution is 0.340. The fourth-order valence-corrected chi connectivity index (χ4v) is 1.44. The average Bonchev–Trinajstić information content (AvgIpc) is 2.30. The maximum absolute atomic E-state index is 11.7. The Labute approximate surface area is 91.7 Å². The van der Waals surface area contributed by atoms with Crippen molar-refractivity contribution in [3.8, 4) is 11.8 Å². The molecule has 80 valence electrons. The van der Waals surface area contributed by atoms with E-state index in [1.165, 1.54) is 6.26 Å². The minimum absolute atomic E-state index is 0.0108. The van der Waals surface area contributed by atoms with E-state index < -0.39 is 0 Å². The fraction of sp³-hybridized carbons (Fsp3) is 0.167. The van der Waals surface area contributed by atoms with Crippen LogP contribution in [0.4, 0.5) is 0 Å². The Morgan fingerprint density at radius 1 is 1.50 bits per heavy atom. The molecule has 0 aliphatic heterocycles. The first kappa shape index (κ1) is 10.2. The fourth-order valence-electron chi connectivity index (χ4n) is 1.44. The second-order valence-corrected chi connectivity index (χ2v) is 3.18. The summed E-state index contributed by atoms with van der Waals surface area (Å²) in [4.78, 5) is 11.7. The zero-order chi connectivity index (χ0) is 11.5. The predicted molar refractivity (Wildman–Crippen MR) is 58.4 cm³/mol. The normalized spacial score (nSPS) is 10.0. The van der Waals surface area contributed by atoms with Gasteiger partial charge >= 0.3 is 0 Å². The number of ether oxygens (including phenoxy) is 1. The second-order valence-electron chi connectivity index (χ2n) is 3.18. The Morgan fingerprint density at radius 3 is 3.00 bits per heavy atom. The van der Waals surface area contributed by atoms with Gasteiger partial charge in [-0.3, -0.25) is 4.79 Å². The Bertz CT molecular complexity index is 622. The standard InChI is InChI=1S/C12H9NO3/c1-2-15-9-3-4-10-11(5-9)16-7-8(6-13)12(10)14/h3-5,7H,2H2,1H3. The minimum Gasteiger partial charge on any atom is -0.494 e. The molecule has 0 fully saturated rings. The second kappa shape index (κ2) is 4.07. The van der Waals surface area contributed by atoms with Crippen molar-refractivity contribution in [1.82, 2.24) is 0 Å². The SMILES string of the molecule is CCOc1ccc2c(=O)c(C#N)coc2c1. The first-order valence-electron chi connectivity index (χ1n) is 4.84. The van der Waals surface area contributed by atoms with E-state index in [1.807, 2.05) is 6.92 Å². The lowest BCUT2D eigenvalue weighted by Gasteiger charge is -2.03. The van der Waals surface area contributed by atoms with Gasteiger partial charge in [-0.1, -0.05) is 0 Å². The molecule has 0 unspecified atom stereocenters. The highest BCUT2D eigenvalue weighted by Gasteiger charge is 2.07. The molecule has 1 aromatic carbocycles. The molecule has 0 amide bonds. The van der Waals surface area contributed by atoms with Crippen molar-refractivity contribution in [1.29, 1.82) is 5.26 Å². The van der Waals surface area contributed by atoms with Crippen molar-refractivity contribution < 1.29 is 9.15 Å². The Hall–Kier alpha value is -2.28. The summed E-state index contributed by atoms with van der Waals surface area (Å²) in [7, 11) is 0. The van der Waals surface area contributed by atoms with Gasteiger partial charge in [-0.2, -0.15) is 5.26 Å². The van der Waals surface area contributed by atoms with Crippen molar-refractivity contribution in [2.45, 2.75) is 6.92 Å². The average molecular weight is 215 g/mol. The quantitative estimate of drug-likeness (QED) is 0.769. The van der Waals surface area contributed by atoms with Crippen LogP contribution in [0.5, 0.6) is 5.75 Å². The number of nitrogens with zero attached hydrogens (tertiary/aromatic N) is 1. The molecule has 2 aromatic rings. The molecule has 0 bridgehead atoms. The van der Waals surface area contributed by atoms with Crippen LogP contribution in [0, 0.1) is 11.3 Å². The zero-order valence-corrected chi connectivity index (χ0v) is 8.69. The highest BCUT2D eigenvalue weighted by Crippen LogP contribution is 2.18. The van der Waals surface area contributed by atoms with Gasteiger partial charge in [-0.05, 0) is 19.1 Å². The first-order chi connectivity index (χ1) is 7.76. The highest BCUT2D eigenvalue weighted by molar-refractivity contribution is 5.78. The van der Waals surface area contributed by atoms with Crippen molar-refractivity contribution in [3.63, 3.8) is 0 Å². The summed E-state index contributed by atoms with van der Waals surface area (Å²) in [5.74, 6) is 0.642. The molecule has 0 N–H and O–H groups in total. The lowest BCUT2D eigenvalue weighted by atomic mass is 10.2. The van der Waals surface area contributed by atoms with Gasteiger partial charge in [0.25, 0.3) is 0 Å². The van der Waals surface area contributed by atoms with Crippen molar-refractivity contribution in [3.05, 3.63) is 40.2 Å². The topological polar surface area (TPSA) is 63.2 Å². The van der Waals surface area contributed by atoms with E-state index in [0.29, 0.717) is 23.3 Å². The maximum atomic E-state index is 11.7. The monoisotopic (exact) mass is 215 g/mol. The summed E-state index contributed by atoms with van der Waals surface area (Å²) in [5, 5.41) is 9.07. The van der Waals surface area contributed by atoms with Crippen LogP contribution in [0.1, 0.15) is 12.5 Å². The van der Waals surface area contributed by atoms with E-state index in [9.17, 15) is 4.79 Å². The summed E-state index contributed by atoms with van der Waals surface area (Å²) in [5.41, 5.74) is 0.124. The molecule has 1 heterocycles. The molecule has 4 heteroatoms. The Kier molecular flexibility index (Phi) is 2.61. The van der Waals surface area contributed by atoms with Gasteiger partial charge in [-0.15, -0.1) is 0 Å². The van der Waals surface area contributed by atoms with Gasteiger partial charge in [0.15, 0.2) is 0 Å². The molecule has 2 rings (SSSR count). The molecule has 0 spiro atoms. The van der Waals surface area contributed by atoms with Crippen LogP contribution in [0.2, 0.25) is 0 Å². The van der Waals surface area contributed by atoms with E-state index in [1.54, 1.807) is 24.3 Å². The predicted octanol–water partition coefficient (Wildman–Crippen LogP) is 2.06. The largest absolute Gasteiger partial charge is 0.494 e. The van der Waals surface area contributed by atoms with Gasteiger partial charge in [-0.25, -0.2) is 0 Å². The van der Waals surface area contributed by atoms with Crippen LogP contribution >= 0.6 is 0 Å². The highest BCUT2D eigenvalue weighted by atomic mass is 16.5. The number of rotatable bonds is 2. The molecule has 0 saturated carbocycles. The van der Waals surface area contributed by atoms with E-state index in [4.69, 9.17) is 14.4 Å². The van der Waals surface area contributed by atoms with Gasteiger partial charge in [0.1, 0.15) is 29.2 Å². The number of hydrogen-bond donors (Lipinski definition) is 0. The summed E-state index contributed by atoms with van der Waals surface area (Å²) in [6.07, 6.45) is 1.17. The zero-order valence-electron chi connectivity index (χ0n) is 8.69. The summed E-state index contributed by atoms with van der Waals surface area (Å²) in [6.45, 7) is 2.42. The van der Waals surface area contributed by atoms with Crippen LogP contribution in [0.3, 0.4) is 0 Å². The van der Waals surface area contributed by atoms with Gasteiger partial charge in [0, 0.05) is 6.07 Å². The third kappa shape index (κ3) is 1.63. The van der Waals surface area contributed by atoms with Crippen LogP contribution in [0.25, 0.3) is 11.0 Å². The van der Waals surface area contributed by atoms with Crippen LogP contribution in [0.15, 0.2) is 33.7 Å². The molecule has 1 aromatic heterocycles. The number of hydrogen-bond acceptors (Lipinski definition) is 4. The third-order valence-electron chi connectivity index (χ3n) is 2.18. The summed E-state index contributed by atoms with van der Waals surface area (Å²) in [6, 6.07) is 6.72. The number of nitriles is 1. The van der Waals surface area contributed by atoms with E-state index in [-0.39, 0.29) is 11.0 Å². The molecule has 0 aliphatic carbocycles. The number of fused-ring (bicyclic) bond motifs is 1. The first-order valence-corrected chi connectivity index (χ1v) is 4.84. The smallest absolute Gasteiger partial charge is 0.210 e. The van der Waals surface area contributed by atoms with Crippen LogP contribution < -0.4 is 10.2 Å². The molecule has 0 radical (unpaired) electrons. The van der Waals surface area contributed by atoms with Crippen LogP contribution in [-0.4, -0.2) is 6.61 Å². The molecule has 0 aliphatic rings. The molecule has 0 atom stereocenters. The summed E-state index contributed by atoms with van der Waals surface area (Å²) >= 11 is 0. The van der Waals surface area contributed by atoms with E-state index >= 15 is 0 Å². The van der Waals surface area contributed by atoms with Gasteiger partial charge < -0.3 is 9.15 Å². The van der Waals surface area contributed by atoms with Gasteiger partial charge in [0.05, 0.1) is 12.0 Å². The molecule has 0 saturated heterocycles. The molecule has 16 heavy (non-hydrogen) atoms. The molecular weight excluding hydrogens is 206 g/mol. The molecular formula is C12H9NO3. The minimum atomic E-state index is -0.313. The Morgan fingerprint density at radius 2 is 2.31 bits per heavy atom. The van der Waals surface area contributed by atoms with E-state index in [2.05, 4.69) is 0 Å². The number of benzene rings is 1. The lowest BCUT2D eigenvalue weighted by Crippen LogP contribution is -2.05. The molecule has 4 nitrogen and oxygen atoms in total. The van der Waals surface area contributed by atoms with Crippen molar-refractivity contribution in [2.75, 3.05) is 6.61 Å². The third-order valence-corrected chi connectivity index (χ3v) is 2.18. The Balaban J connectivity index is 2.66. The van der Waals surface area contributed by atoms with E-state index in [0.717, 1.165) is 0 Å². The van der Waals surface area contributed by atoms with Crippen molar-refractivity contribution >= 4 is 11.0 Å². The van der Waals surface area contributed by atoms with Gasteiger partial charge in [0.2, 0.25) is 5.43 Å².